The average molecular weight is 517 g/mol. The van der Waals surface area contributed by atoms with Crippen LogP contribution in [0.2, 0.25) is 0 Å². The Balaban J connectivity index is 1.74. The Bertz CT molecular complexity index is 1440. The molecule has 0 radical (unpaired) electrons. The number of hydrogen-bond acceptors (Lipinski definition) is 6. The van der Waals surface area contributed by atoms with Gasteiger partial charge < -0.3 is 14.6 Å². The Morgan fingerprint density at radius 3 is 2.30 bits per heavy atom. The molecule has 0 aromatic heterocycles. The summed E-state index contributed by atoms with van der Waals surface area (Å²) >= 11 is 1.30. The molecule has 1 amide bonds. The molecule has 1 N–H and O–H groups in total. The minimum Gasteiger partial charge on any atom is -0.493 e. The van der Waals surface area contributed by atoms with Crippen molar-refractivity contribution in [3.63, 3.8) is 0 Å². The van der Waals surface area contributed by atoms with Crippen LogP contribution in [0, 0.1) is 27.7 Å². The Hall–Kier alpha value is -4.04. The first-order valence-corrected chi connectivity index (χ1v) is 12.5. The van der Waals surface area contributed by atoms with Crippen molar-refractivity contribution in [1.29, 1.82) is 0 Å². The van der Waals surface area contributed by atoms with Gasteiger partial charge in [0.1, 0.15) is 0 Å². The highest BCUT2D eigenvalue weighted by Crippen LogP contribution is 2.39. The molecule has 4 rings (SSSR count). The number of carboxylic acids is 1. The summed E-state index contributed by atoms with van der Waals surface area (Å²) in [7, 11) is 1.48. The zero-order chi connectivity index (χ0) is 26.7. The highest BCUT2D eigenvalue weighted by molar-refractivity contribution is 8.19. The number of aryl methyl sites for hydroxylation is 4. The van der Waals surface area contributed by atoms with Gasteiger partial charge in [-0.2, -0.15) is 0 Å². The summed E-state index contributed by atoms with van der Waals surface area (Å²) in [4.78, 5) is 31.5. The molecule has 1 aliphatic rings. The first-order valence-electron chi connectivity index (χ1n) is 11.7. The molecule has 1 heterocycles. The third-order valence-electron chi connectivity index (χ3n) is 6.11. The van der Waals surface area contributed by atoms with Gasteiger partial charge in [0.25, 0.3) is 5.91 Å². The van der Waals surface area contributed by atoms with E-state index < -0.39 is 12.6 Å². The minimum atomic E-state index is -1.08. The zero-order valence-corrected chi connectivity index (χ0v) is 22.2. The predicted octanol–water partition coefficient (Wildman–Crippen LogP) is 6.20. The Kier molecular flexibility index (Phi) is 7.69. The van der Waals surface area contributed by atoms with Crippen LogP contribution in [0.3, 0.4) is 0 Å². The van der Waals surface area contributed by atoms with Gasteiger partial charge in [-0.25, -0.2) is 9.79 Å². The normalized spacial score (nSPS) is 15.5. The van der Waals surface area contributed by atoms with E-state index in [1.54, 1.807) is 29.2 Å². The van der Waals surface area contributed by atoms with Gasteiger partial charge in [0.15, 0.2) is 23.3 Å². The van der Waals surface area contributed by atoms with Crippen LogP contribution in [0.4, 0.5) is 11.4 Å². The molecule has 0 saturated carbocycles. The zero-order valence-electron chi connectivity index (χ0n) is 21.4. The van der Waals surface area contributed by atoms with E-state index in [1.807, 2.05) is 57.2 Å². The molecule has 3 aromatic rings. The molecule has 0 aliphatic carbocycles. The SMILES string of the molecule is COc1cc(C=C2SC(=Nc3ccc(C)c(C)c3)N(c3ccc(C)c(C)c3)C2=O)ccc1OCC(=O)O. The van der Waals surface area contributed by atoms with Gasteiger partial charge in [-0.1, -0.05) is 18.2 Å². The quantitative estimate of drug-likeness (QED) is 0.376. The third kappa shape index (κ3) is 5.86. The van der Waals surface area contributed by atoms with Crippen molar-refractivity contribution in [1.82, 2.24) is 0 Å². The van der Waals surface area contributed by atoms with Crippen LogP contribution in [0.1, 0.15) is 27.8 Å². The van der Waals surface area contributed by atoms with E-state index in [0.717, 1.165) is 28.1 Å². The van der Waals surface area contributed by atoms with Gasteiger partial charge in [-0.3, -0.25) is 9.69 Å². The van der Waals surface area contributed by atoms with Crippen LogP contribution in [-0.4, -0.2) is 35.9 Å². The van der Waals surface area contributed by atoms with E-state index >= 15 is 0 Å². The van der Waals surface area contributed by atoms with Crippen LogP contribution in [0.25, 0.3) is 6.08 Å². The van der Waals surface area contributed by atoms with Crippen LogP contribution < -0.4 is 14.4 Å². The summed E-state index contributed by atoms with van der Waals surface area (Å²) in [6.07, 6.45) is 1.77. The topological polar surface area (TPSA) is 88.4 Å². The number of anilines is 1. The highest BCUT2D eigenvalue weighted by atomic mass is 32.2. The van der Waals surface area contributed by atoms with Crippen LogP contribution in [-0.2, 0) is 9.59 Å². The summed E-state index contributed by atoms with van der Waals surface area (Å²) in [6, 6.07) is 17.0. The number of hydrogen-bond donors (Lipinski definition) is 1. The number of carbonyl (C=O) groups excluding carboxylic acids is 1. The van der Waals surface area contributed by atoms with E-state index in [2.05, 4.69) is 6.92 Å². The molecule has 1 saturated heterocycles. The number of nitrogens with zero attached hydrogens (tertiary/aromatic N) is 2. The van der Waals surface area contributed by atoms with Gasteiger partial charge in [-0.15, -0.1) is 0 Å². The van der Waals surface area contributed by atoms with Gasteiger partial charge in [0, 0.05) is 0 Å². The first kappa shape index (κ1) is 26.0. The third-order valence-corrected chi connectivity index (χ3v) is 7.08. The smallest absolute Gasteiger partial charge is 0.341 e. The summed E-state index contributed by atoms with van der Waals surface area (Å²) in [5.74, 6) is -0.573. The van der Waals surface area contributed by atoms with Crippen molar-refractivity contribution in [2.45, 2.75) is 27.7 Å². The molecule has 190 valence electrons. The van der Waals surface area contributed by atoms with Crippen molar-refractivity contribution in [2.24, 2.45) is 4.99 Å². The number of aliphatic carboxylic acids is 1. The second-order valence-corrected chi connectivity index (χ2v) is 9.78. The molecule has 1 fully saturated rings. The maximum atomic E-state index is 13.7. The van der Waals surface area contributed by atoms with Crippen molar-refractivity contribution in [3.05, 3.63) is 87.3 Å². The fourth-order valence-electron chi connectivity index (χ4n) is 3.73. The lowest BCUT2D eigenvalue weighted by atomic mass is 10.1. The average Bonchev–Trinajstić information content (AvgIpc) is 3.16. The first-order chi connectivity index (χ1) is 17.7. The Labute approximate surface area is 220 Å². The van der Waals surface area contributed by atoms with Gasteiger partial charge in [0.05, 0.1) is 23.4 Å². The molecule has 8 heteroatoms. The van der Waals surface area contributed by atoms with Crippen molar-refractivity contribution < 1.29 is 24.2 Å². The van der Waals surface area contributed by atoms with E-state index in [-0.39, 0.29) is 5.91 Å². The Morgan fingerprint density at radius 1 is 0.946 bits per heavy atom. The van der Waals surface area contributed by atoms with E-state index in [0.29, 0.717) is 27.1 Å². The van der Waals surface area contributed by atoms with Gasteiger partial charge >= 0.3 is 5.97 Å². The number of benzene rings is 3. The lowest BCUT2D eigenvalue weighted by Crippen LogP contribution is -2.28. The summed E-state index contributed by atoms with van der Waals surface area (Å²) < 4.78 is 10.7. The van der Waals surface area contributed by atoms with Crippen LogP contribution >= 0.6 is 11.8 Å². The molecule has 1 aliphatic heterocycles. The summed E-state index contributed by atoms with van der Waals surface area (Å²) in [5.41, 5.74) is 6.76. The molecular formula is C29H28N2O5S. The number of amides is 1. The number of carboxylic acid groups (broad SMARTS) is 1. The van der Waals surface area contributed by atoms with Gasteiger partial charge in [-0.05, 0) is 110 Å². The fraction of sp³-hybridized carbons (Fsp3) is 0.207. The monoisotopic (exact) mass is 516 g/mol. The van der Waals surface area contributed by atoms with Crippen LogP contribution in [0.15, 0.2) is 64.5 Å². The number of carbonyl (C=O) groups is 2. The molecule has 0 unspecified atom stereocenters. The number of methoxy groups -OCH3 is 1. The standard InChI is InChI=1S/C29H28N2O5S/c1-17-6-9-22(12-19(17)3)30-29-31(23-10-7-18(2)20(4)13-23)28(34)26(37-29)15-21-8-11-24(25(14-21)35-5)36-16-27(32)33/h6-15H,16H2,1-5H3,(H,32,33). The van der Waals surface area contributed by atoms with Crippen molar-refractivity contribution >= 4 is 46.3 Å². The fourth-order valence-corrected chi connectivity index (χ4v) is 4.73. The Morgan fingerprint density at radius 2 is 1.65 bits per heavy atom. The van der Waals surface area contributed by atoms with E-state index in [1.165, 1.54) is 24.4 Å². The molecule has 0 atom stereocenters. The lowest BCUT2D eigenvalue weighted by molar-refractivity contribution is -0.139. The van der Waals surface area contributed by atoms with Crippen molar-refractivity contribution in [3.8, 4) is 11.5 Å². The summed E-state index contributed by atoms with van der Waals surface area (Å²) in [6.45, 7) is 7.66. The molecular weight excluding hydrogens is 488 g/mol. The molecule has 37 heavy (non-hydrogen) atoms. The number of aliphatic imine (C=N–C) groups is 1. The molecule has 0 spiro atoms. The lowest BCUT2D eigenvalue weighted by Gasteiger charge is -2.17. The van der Waals surface area contributed by atoms with Crippen molar-refractivity contribution in [2.75, 3.05) is 18.6 Å². The van der Waals surface area contributed by atoms with E-state index in [9.17, 15) is 9.59 Å². The van der Waals surface area contributed by atoms with Crippen LogP contribution in [0.5, 0.6) is 11.5 Å². The highest BCUT2D eigenvalue weighted by Gasteiger charge is 2.35. The maximum absolute atomic E-state index is 13.7. The number of ether oxygens (including phenoxy) is 2. The minimum absolute atomic E-state index is 0.180. The number of thioether (sulfide) groups is 1. The predicted molar refractivity (Wildman–Crippen MR) is 148 cm³/mol. The number of rotatable bonds is 7. The largest absolute Gasteiger partial charge is 0.493 e. The second kappa shape index (κ2) is 10.9. The number of amidine groups is 1. The molecule has 0 bridgehead atoms. The molecule has 3 aromatic carbocycles. The second-order valence-electron chi connectivity index (χ2n) is 8.78. The maximum Gasteiger partial charge on any atom is 0.341 e. The summed E-state index contributed by atoms with van der Waals surface area (Å²) in [5, 5.41) is 9.46. The van der Waals surface area contributed by atoms with Gasteiger partial charge in [0.2, 0.25) is 0 Å². The molecule has 7 nitrogen and oxygen atoms in total. The van der Waals surface area contributed by atoms with E-state index in [4.69, 9.17) is 19.6 Å².